The van der Waals surface area contributed by atoms with E-state index in [0.717, 1.165) is 0 Å². The van der Waals surface area contributed by atoms with Gasteiger partial charge in [0.25, 0.3) is 5.91 Å². The highest BCUT2D eigenvalue weighted by molar-refractivity contribution is 6.03. The lowest BCUT2D eigenvalue weighted by molar-refractivity contribution is -0.132. The van der Waals surface area contributed by atoms with E-state index in [2.05, 4.69) is 0 Å². The molecule has 1 aliphatic heterocycles. The second-order valence-corrected chi connectivity index (χ2v) is 6.39. The fourth-order valence-electron chi connectivity index (χ4n) is 2.93. The number of aryl methyl sites for hydroxylation is 1. The number of hydrogen-bond donors (Lipinski definition) is 1. The molecule has 0 aliphatic carbocycles. The zero-order chi connectivity index (χ0) is 19.7. The van der Waals surface area contributed by atoms with Crippen molar-refractivity contribution in [3.05, 3.63) is 47.4 Å². The molecule has 142 valence electrons. The zero-order valence-electron chi connectivity index (χ0n) is 15.3. The molecule has 2 aromatic rings. The first-order chi connectivity index (χ1) is 12.8. The maximum Gasteiger partial charge on any atom is 0.339 e. The van der Waals surface area contributed by atoms with E-state index in [0.29, 0.717) is 17.2 Å². The minimum Gasteiger partial charge on any atom is -0.479 e. The Bertz CT molecular complexity index is 903. The van der Waals surface area contributed by atoms with Crippen molar-refractivity contribution in [1.29, 1.82) is 0 Å². The minimum absolute atomic E-state index is 0.0666. The standard InChI is InChI=1S/C19H20N2O6/c1-11-14(19(24)25)8-13(26-11)9-20(3)17(22)10-21-15-6-4-5-7-16(15)27-12(2)18(21)23/h4-8,12H,9-10H2,1-3H3,(H,24,25). The molecule has 1 atom stereocenters. The van der Waals surface area contributed by atoms with Crippen LogP contribution in [0.25, 0.3) is 0 Å². The van der Waals surface area contributed by atoms with E-state index < -0.39 is 12.1 Å². The lowest BCUT2D eigenvalue weighted by Gasteiger charge is -2.33. The number of amides is 2. The van der Waals surface area contributed by atoms with Gasteiger partial charge in [0.15, 0.2) is 6.10 Å². The van der Waals surface area contributed by atoms with Crippen LogP contribution in [-0.4, -0.2) is 47.5 Å². The summed E-state index contributed by atoms with van der Waals surface area (Å²) >= 11 is 0. The molecule has 0 bridgehead atoms. The Morgan fingerprint density at radius 2 is 2.00 bits per heavy atom. The van der Waals surface area contributed by atoms with Gasteiger partial charge in [-0.2, -0.15) is 0 Å². The average Bonchev–Trinajstić information content (AvgIpc) is 2.99. The smallest absolute Gasteiger partial charge is 0.339 e. The fraction of sp³-hybridized carbons (Fsp3) is 0.316. The number of para-hydroxylation sites is 2. The maximum atomic E-state index is 12.6. The lowest BCUT2D eigenvalue weighted by Crippen LogP contribution is -2.48. The summed E-state index contributed by atoms with van der Waals surface area (Å²) in [5, 5.41) is 9.09. The van der Waals surface area contributed by atoms with Crippen molar-refractivity contribution in [2.24, 2.45) is 0 Å². The van der Waals surface area contributed by atoms with E-state index in [1.807, 2.05) is 0 Å². The van der Waals surface area contributed by atoms with Gasteiger partial charge in [-0.05, 0) is 32.0 Å². The Balaban J connectivity index is 1.74. The molecule has 2 heterocycles. The van der Waals surface area contributed by atoms with Crippen molar-refractivity contribution in [2.75, 3.05) is 18.5 Å². The van der Waals surface area contributed by atoms with Gasteiger partial charge in [-0.25, -0.2) is 4.79 Å². The number of benzene rings is 1. The number of nitrogens with zero attached hydrogens (tertiary/aromatic N) is 2. The topological polar surface area (TPSA) is 100 Å². The van der Waals surface area contributed by atoms with Crippen LogP contribution in [0.15, 0.2) is 34.7 Å². The Morgan fingerprint density at radius 1 is 1.30 bits per heavy atom. The van der Waals surface area contributed by atoms with E-state index in [4.69, 9.17) is 14.3 Å². The number of aromatic carboxylic acids is 1. The van der Waals surface area contributed by atoms with Crippen LogP contribution >= 0.6 is 0 Å². The number of fused-ring (bicyclic) bond motifs is 1. The van der Waals surface area contributed by atoms with E-state index in [1.54, 1.807) is 45.2 Å². The summed E-state index contributed by atoms with van der Waals surface area (Å²) < 4.78 is 11.0. The van der Waals surface area contributed by atoms with E-state index >= 15 is 0 Å². The van der Waals surface area contributed by atoms with Gasteiger partial charge in [0.1, 0.15) is 29.4 Å². The van der Waals surface area contributed by atoms with Crippen molar-refractivity contribution in [3.8, 4) is 5.75 Å². The summed E-state index contributed by atoms with van der Waals surface area (Å²) in [7, 11) is 1.57. The first-order valence-electron chi connectivity index (χ1n) is 8.41. The Morgan fingerprint density at radius 3 is 2.67 bits per heavy atom. The van der Waals surface area contributed by atoms with Crippen LogP contribution in [0.2, 0.25) is 0 Å². The summed E-state index contributed by atoms with van der Waals surface area (Å²) in [5.41, 5.74) is 0.612. The number of carboxylic acid groups (broad SMARTS) is 1. The van der Waals surface area contributed by atoms with Crippen molar-refractivity contribution in [2.45, 2.75) is 26.5 Å². The third-order valence-corrected chi connectivity index (χ3v) is 4.38. The number of furan rings is 1. The average molecular weight is 372 g/mol. The molecular formula is C19H20N2O6. The van der Waals surface area contributed by atoms with Crippen molar-refractivity contribution in [3.63, 3.8) is 0 Å². The predicted molar refractivity (Wildman–Crippen MR) is 95.8 cm³/mol. The fourth-order valence-corrected chi connectivity index (χ4v) is 2.93. The Labute approximate surface area is 155 Å². The second-order valence-electron chi connectivity index (χ2n) is 6.39. The zero-order valence-corrected chi connectivity index (χ0v) is 15.3. The molecule has 0 saturated carbocycles. The largest absolute Gasteiger partial charge is 0.479 e. The first kappa shape index (κ1) is 18.5. The van der Waals surface area contributed by atoms with Crippen LogP contribution in [0.1, 0.15) is 28.8 Å². The molecule has 1 aliphatic rings. The second kappa shape index (κ2) is 7.14. The third kappa shape index (κ3) is 3.64. The Kier molecular flexibility index (Phi) is 4.89. The lowest BCUT2D eigenvalue weighted by atomic mass is 10.2. The highest BCUT2D eigenvalue weighted by Gasteiger charge is 2.33. The van der Waals surface area contributed by atoms with Gasteiger partial charge in [-0.1, -0.05) is 12.1 Å². The molecule has 1 N–H and O–H groups in total. The van der Waals surface area contributed by atoms with Gasteiger partial charge >= 0.3 is 5.97 Å². The normalized spacial score (nSPS) is 15.9. The molecular weight excluding hydrogens is 352 g/mol. The number of likely N-dealkylation sites (N-methyl/N-ethyl adjacent to an activating group) is 1. The summed E-state index contributed by atoms with van der Waals surface area (Å²) in [5.74, 6) is -0.489. The van der Waals surface area contributed by atoms with Crippen molar-refractivity contribution < 1.29 is 28.6 Å². The number of carbonyl (C=O) groups is 3. The number of hydrogen-bond acceptors (Lipinski definition) is 5. The van der Waals surface area contributed by atoms with Crippen molar-refractivity contribution >= 4 is 23.5 Å². The molecule has 0 saturated heterocycles. The number of carboxylic acids is 1. The molecule has 0 radical (unpaired) electrons. The molecule has 8 heteroatoms. The summed E-state index contributed by atoms with van der Waals surface area (Å²) in [6.45, 7) is 3.15. The SMILES string of the molecule is Cc1oc(CN(C)C(=O)CN2C(=O)C(C)Oc3ccccc32)cc1C(=O)O. The highest BCUT2D eigenvalue weighted by Crippen LogP contribution is 2.33. The summed E-state index contributed by atoms with van der Waals surface area (Å²) in [4.78, 5) is 39.0. The van der Waals surface area contributed by atoms with Crippen LogP contribution in [0.3, 0.4) is 0 Å². The number of rotatable bonds is 5. The maximum absolute atomic E-state index is 12.6. The van der Waals surface area contributed by atoms with Gasteiger partial charge in [-0.15, -0.1) is 0 Å². The number of carbonyl (C=O) groups excluding carboxylic acids is 2. The van der Waals surface area contributed by atoms with Crippen LogP contribution in [0.5, 0.6) is 5.75 Å². The number of ether oxygens (including phenoxy) is 1. The van der Waals surface area contributed by atoms with Crippen LogP contribution in [0.4, 0.5) is 5.69 Å². The van der Waals surface area contributed by atoms with Gasteiger partial charge in [0.2, 0.25) is 5.91 Å². The molecule has 8 nitrogen and oxygen atoms in total. The molecule has 1 aromatic carbocycles. The predicted octanol–water partition coefficient (Wildman–Crippen LogP) is 2.06. The number of anilines is 1. The van der Waals surface area contributed by atoms with Crippen LogP contribution in [0, 0.1) is 6.92 Å². The van der Waals surface area contributed by atoms with Gasteiger partial charge < -0.3 is 19.2 Å². The van der Waals surface area contributed by atoms with E-state index in [-0.39, 0.29) is 36.2 Å². The van der Waals surface area contributed by atoms with Crippen LogP contribution in [-0.2, 0) is 16.1 Å². The van der Waals surface area contributed by atoms with E-state index in [9.17, 15) is 14.4 Å². The van der Waals surface area contributed by atoms with Gasteiger partial charge in [0.05, 0.1) is 12.2 Å². The molecule has 3 rings (SSSR count). The molecule has 0 fully saturated rings. The Hall–Kier alpha value is -3.29. The highest BCUT2D eigenvalue weighted by atomic mass is 16.5. The molecule has 1 unspecified atom stereocenters. The monoisotopic (exact) mass is 372 g/mol. The van der Waals surface area contributed by atoms with Crippen molar-refractivity contribution in [1.82, 2.24) is 4.90 Å². The molecule has 0 spiro atoms. The third-order valence-electron chi connectivity index (χ3n) is 4.38. The molecule has 2 amide bonds. The quantitative estimate of drug-likeness (QED) is 0.862. The van der Waals surface area contributed by atoms with E-state index in [1.165, 1.54) is 15.9 Å². The summed E-state index contributed by atoms with van der Waals surface area (Å²) in [6.07, 6.45) is -0.677. The first-order valence-corrected chi connectivity index (χ1v) is 8.41. The summed E-state index contributed by atoms with van der Waals surface area (Å²) in [6, 6.07) is 8.44. The van der Waals surface area contributed by atoms with Gasteiger partial charge in [-0.3, -0.25) is 14.5 Å². The molecule has 1 aromatic heterocycles. The molecule has 27 heavy (non-hydrogen) atoms. The van der Waals surface area contributed by atoms with Crippen LogP contribution < -0.4 is 9.64 Å². The van der Waals surface area contributed by atoms with Gasteiger partial charge in [0, 0.05) is 7.05 Å². The minimum atomic E-state index is -1.08.